The van der Waals surface area contributed by atoms with E-state index in [9.17, 15) is 4.79 Å². The van der Waals surface area contributed by atoms with Crippen LogP contribution in [0.5, 0.6) is 17.2 Å². The lowest BCUT2D eigenvalue weighted by molar-refractivity contribution is -0.116. The molecule has 0 aliphatic heterocycles. The van der Waals surface area contributed by atoms with E-state index in [1.165, 1.54) is 0 Å². The van der Waals surface area contributed by atoms with Crippen LogP contribution in [0.1, 0.15) is 5.56 Å². The van der Waals surface area contributed by atoms with Crippen molar-refractivity contribution in [1.29, 1.82) is 0 Å². The van der Waals surface area contributed by atoms with E-state index >= 15 is 0 Å². The fraction of sp³-hybridized carbons (Fsp3) is 0.174. The summed E-state index contributed by atoms with van der Waals surface area (Å²) in [5, 5.41) is 0. The zero-order valence-electron chi connectivity index (χ0n) is 16.0. The normalized spacial score (nSPS) is 10.4. The minimum atomic E-state index is -0.155. The van der Waals surface area contributed by atoms with Gasteiger partial charge < -0.3 is 20.1 Å². The van der Waals surface area contributed by atoms with Crippen LogP contribution in [0.25, 0.3) is 0 Å². The number of halogens is 1. The summed E-state index contributed by atoms with van der Waals surface area (Å²) in [6.07, 6.45) is 0. The molecule has 0 atom stereocenters. The van der Waals surface area contributed by atoms with Crippen molar-refractivity contribution < 1.29 is 14.3 Å². The number of alkyl halides is 1. The highest BCUT2D eigenvalue weighted by Crippen LogP contribution is 2.27. The van der Waals surface area contributed by atoms with Crippen LogP contribution in [0, 0.1) is 0 Å². The Hall–Kier alpha value is -3.02. The highest BCUT2D eigenvalue weighted by atomic mass is 35.5. The molecule has 0 saturated heterocycles. The molecular formula is C23H23ClN2O3. The molecule has 0 aromatic heterocycles. The molecular weight excluding hydrogens is 388 g/mol. The number of carbonyl (C=O) groups is 1. The van der Waals surface area contributed by atoms with Crippen molar-refractivity contribution in [1.82, 2.24) is 0 Å². The average molecular weight is 411 g/mol. The van der Waals surface area contributed by atoms with Gasteiger partial charge in [-0.1, -0.05) is 30.3 Å². The molecule has 0 fully saturated rings. The molecule has 0 heterocycles. The van der Waals surface area contributed by atoms with Crippen LogP contribution in [0.15, 0.2) is 78.9 Å². The van der Waals surface area contributed by atoms with Gasteiger partial charge in [-0.05, 0) is 54.1 Å². The lowest BCUT2D eigenvalue weighted by Gasteiger charge is -2.22. The monoisotopic (exact) mass is 410 g/mol. The lowest BCUT2D eigenvalue weighted by Crippen LogP contribution is -2.31. The van der Waals surface area contributed by atoms with Crippen molar-refractivity contribution in [3.63, 3.8) is 0 Å². The van der Waals surface area contributed by atoms with Crippen molar-refractivity contribution in [2.24, 2.45) is 5.73 Å². The molecule has 0 spiro atoms. The molecule has 0 bridgehead atoms. The van der Waals surface area contributed by atoms with Gasteiger partial charge in [-0.3, -0.25) is 4.79 Å². The maximum Gasteiger partial charge on any atom is 0.242 e. The van der Waals surface area contributed by atoms with Crippen molar-refractivity contribution in [2.75, 3.05) is 23.9 Å². The van der Waals surface area contributed by atoms with Gasteiger partial charge in [0.15, 0.2) is 0 Å². The third kappa shape index (κ3) is 5.98. The summed E-state index contributed by atoms with van der Waals surface area (Å²) >= 11 is 5.81. The number of nitrogens with two attached hydrogens (primary N) is 1. The summed E-state index contributed by atoms with van der Waals surface area (Å²) < 4.78 is 11.3. The van der Waals surface area contributed by atoms with Crippen molar-refractivity contribution >= 4 is 23.2 Å². The van der Waals surface area contributed by atoms with Crippen LogP contribution >= 0.6 is 11.6 Å². The third-order valence-corrected chi connectivity index (χ3v) is 4.42. The van der Waals surface area contributed by atoms with Crippen LogP contribution < -0.4 is 20.1 Å². The summed E-state index contributed by atoms with van der Waals surface area (Å²) in [5.41, 5.74) is 7.22. The van der Waals surface area contributed by atoms with Crippen molar-refractivity contribution in [3.05, 3.63) is 84.4 Å². The highest BCUT2D eigenvalue weighted by molar-refractivity contribution is 6.29. The number of benzene rings is 3. The maximum atomic E-state index is 12.3. The van der Waals surface area contributed by atoms with E-state index in [1.54, 1.807) is 4.90 Å². The fourth-order valence-electron chi connectivity index (χ4n) is 2.77. The van der Waals surface area contributed by atoms with Gasteiger partial charge in [0.1, 0.15) is 29.7 Å². The average Bonchev–Trinajstić information content (AvgIpc) is 2.78. The minimum Gasteiger partial charge on any atom is -0.492 e. The molecule has 3 aromatic rings. The largest absolute Gasteiger partial charge is 0.492 e. The second-order valence-electron chi connectivity index (χ2n) is 6.30. The summed E-state index contributed by atoms with van der Waals surface area (Å²) in [6, 6.07) is 24.5. The Kier molecular flexibility index (Phi) is 7.50. The molecule has 0 radical (unpaired) electrons. The molecule has 1 amide bonds. The van der Waals surface area contributed by atoms with E-state index in [1.807, 2.05) is 78.9 Å². The predicted molar refractivity (Wildman–Crippen MR) is 116 cm³/mol. The van der Waals surface area contributed by atoms with Gasteiger partial charge in [0.2, 0.25) is 5.91 Å². The van der Waals surface area contributed by atoms with Gasteiger partial charge >= 0.3 is 0 Å². The molecule has 3 rings (SSSR count). The zero-order chi connectivity index (χ0) is 20.5. The molecule has 0 aliphatic carbocycles. The van der Waals surface area contributed by atoms with Crippen LogP contribution in [-0.4, -0.2) is 24.9 Å². The lowest BCUT2D eigenvalue weighted by atomic mass is 10.2. The van der Waals surface area contributed by atoms with Crippen molar-refractivity contribution in [3.8, 4) is 17.2 Å². The molecule has 0 unspecified atom stereocenters. The molecule has 29 heavy (non-hydrogen) atoms. The van der Waals surface area contributed by atoms with E-state index in [4.69, 9.17) is 26.8 Å². The smallest absolute Gasteiger partial charge is 0.242 e. The number of nitrogens with zero attached hydrogens (tertiary/aromatic N) is 1. The molecule has 3 aromatic carbocycles. The first kappa shape index (κ1) is 20.7. The number of rotatable bonds is 9. The zero-order valence-corrected chi connectivity index (χ0v) is 16.7. The van der Waals surface area contributed by atoms with E-state index in [0.29, 0.717) is 31.2 Å². The van der Waals surface area contributed by atoms with E-state index in [0.717, 1.165) is 17.0 Å². The SMILES string of the molecule is NCCOc1ccc(Oc2ccc(N(Cc3ccccc3)C(=O)CCl)cc2)cc1. The van der Waals surface area contributed by atoms with Crippen LogP contribution in [0.4, 0.5) is 5.69 Å². The van der Waals surface area contributed by atoms with Crippen LogP contribution in [0.2, 0.25) is 0 Å². The van der Waals surface area contributed by atoms with E-state index in [-0.39, 0.29) is 11.8 Å². The second kappa shape index (κ2) is 10.5. The summed E-state index contributed by atoms with van der Waals surface area (Å²) in [5.74, 6) is 1.87. The topological polar surface area (TPSA) is 64.8 Å². The van der Waals surface area contributed by atoms with Gasteiger partial charge in [-0.15, -0.1) is 11.6 Å². The Morgan fingerprint density at radius 1 is 0.862 bits per heavy atom. The summed E-state index contributed by atoms with van der Waals surface area (Å²) in [4.78, 5) is 14.0. The minimum absolute atomic E-state index is 0.0797. The predicted octanol–water partition coefficient (Wildman–Crippen LogP) is 4.59. The Labute approximate surface area is 175 Å². The Bertz CT molecular complexity index is 900. The van der Waals surface area contributed by atoms with Gasteiger partial charge in [0.05, 0.1) is 6.54 Å². The molecule has 5 nitrogen and oxygen atoms in total. The van der Waals surface area contributed by atoms with Gasteiger partial charge in [0, 0.05) is 12.2 Å². The molecule has 0 aliphatic rings. The quantitative estimate of drug-likeness (QED) is 0.524. The van der Waals surface area contributed by atoms with Crippen LogP contribution in [0.3, 0.4) is 0 Å². The van der Waals surface area contributed by atoms with E-state index < -0.39 is 0 Å². The number of hydrogen-bond acceptors (Lipinski definition) is 4. The van der Waals surface area contributed by atoms with Crippen molar-refractivity contribution in [2.45, 2.75) is 6.54 Å². The highest BCUT2D eigenvalue weighted by Gasteiger charge is 2.15. The second-order valence-corrected chi connectivity index (χ2v) is 6.57. The number of carbonyl (C=O) groups excluding carboxylic acids is 1. The molecule has 2 N–H and O–H groups in total. The van der Waals surface area contributed by atoms with Gasteiger partial charge in [0.25, 0.3) is 0 Å². The fourth-order valence-corrected chi connectivity index (χ4v) is 2.92. The number of ether oxygens (including phenoxy) is 2. The Morgan fingerprint density at radius 3 is 2.03 bits per heavy atom. The first-order chi connectivity index (χ1) is 14.2. The first-order valence-corrected chi connectivity index (χ1v) is 9.84. The van der Waals surface area contributed by atoms with Gasteiger partial charge in [-0.2, -0.15) is 0 Å². The summed E-state index contributed by atoms with van der Waals surface area (Å²) in [7, 11) is 0. The Morgan fingerprint density at radius 2 is 1.45 bits per heavy atom. The maximum absolute atomic E-state index is 12.3. The molecule has 150 valence electrons. The Balaban J connectivity index is 1.69. The van der Waals surface area contributed by atoms with Crippen LogP contribution in [-0.2, 0) is 11.3 Å². The number of amides is 1. The third-order valence-electron chi connectivity index (χ3n) is 4.19. The van der Waals surface area contributed by atoms with E-state index in [2.05, 4.69) is 0 Å². The summed E-state index contributed by atoms with van der Waals surface area (Å²) in [6.45, 7) is 1.40. The van der Waals surface area contributed by atoms with Gasteiger partial charge in [-0.25, -0.2) is 0 Å². The standard InChI is InChI=1S/C23H23ClN2O3/c24-16-23(27)26(17-18-4-2-1-3-5-18)19-6-8-21(9-7-19)29-22-12-10-20(11-13-22)28-15-14-25/h1-13H,14-17,25H2. The number of anilines is 1. The number of hydrogen-bond donors (Lipinski definition) is 1. The molecule has 6 heteroatoms. The first-order valence-electron chi connectivity index (χ1n) is 9.30. The molecule has 0 saturated carbocycles.